The zero-order chi connectivity index (χ0) is 10.7. The fraction of sp³-hybridized carbons (Fsp3) is 0.250. The Hall–Kier alpha value is -1.23. The lowest BCUT2D eigenvalue weighted by molar-refractivity contribution is -0.136. The minimum Gasteiger partial charge on any atom is -0.481 e. The van der Waals surface area contributed by atoms with Crippen molar-refractivity contribution < 1.29 is 18.7 Å². The van der Waals surface area contributed by atoms with E-state index in [0.717, 1.165) is 6.07 Å². The molecule has 3 nitrogen and oxygen atoms in total. The van der Waals surface area contributed by atoms with Gasteiger partial charge in [-0.05, 0) is 12.1 Å². The van der Waals surface area contributed by atoms with Crippen LogP contribution in [-0.4, -0.2) is 16.1 Å². The van der Waals surface area contributed by atoms with Crippen LogP contribution in [0.1, 0.15) is 17.7 Å². The highest BCUT2D eigenvalue weighted by Gasteiger charge is 2.13. The van der Waals surface area contributed by atoms with E-state index in [4.69, 9.17) is 16.7 Å². The summed E-state index contributed by atoms with van der Waals surface area (Å²) in [5, 5.41) is 8.06. The molecule has 6 heteroatoms. The monoisotopic (exact) mass is 221 g/mol. The van der Waals surface area contributed by atoms with Crippen molar-refractivity contribution in [2.75, 3.05) is 0 Å². The van der Waals surface area contributed by atoms with E-state index < -0.39 is 12.4 Å². The van der Waals surface area contributed by atoms with E-state index in [1.54, 1.807) is 0 Å². The van der Waals surface area contributed by atoms with Crippen LogP contribution in [0.2, 0.25) is 5.15 Å². The number of carboxylic acids is 1. The lowest BCUT2D eigenvalue weighted by Crippen LogP contribution is -2.03. The summed E-state index contributed by atoms with van der Waals surface area (Å²) >= 11 is 5.42. The number of halogens is 3. The average Bonchev–Trinajstić information content (AvgIpc) is 2.01. The van der Waals surface area contributed by atoms with Crippen LogP contribution in [0.25, 0.3) is 0 Å². The number of pyridine rings is 1. The molecule has 1 aromatic rings. The number of rotatable bonds is 3. The Balaban J connectivity index is 2.94. The molecule has 0 atom stereocenters. The van der Waals surface area contributed by atoms with Gasteiger partial charge in [0.1, 0.15) is 5.15 Å². The molecule has 0 aliphatic heterocycles. The molecule has 0 unspecified atom stereocenters. The van der Waals surface area contributed by atoms with Gasteiger partial charge in [-0.3, -0.25) is 4.79 Å². The van der Waals surface area contributed by atoms with Crippen molar-refractivity contribution in [3.8, 4) is 0 Å². The quantitative estimate of drug-likeness (QED) is 0.797. The fourth-order valence-corrected chi connectivity index (χ4v) is 1.15. The SMILES string of the molecule is O=C(O)Cc1ccc(C(F)F)c(Cl)n1. The molecule has 0 radical (unpaired) electrons. The normalized spacial score (nSPS) is 10.6. The van der Waals surface area contributed by atoms with E-state index in [0.29, 0.717) is 0 Å². The maximum atomic E-state index is 12.2. The molecule has 0 fully saturated rings. The van der Waals surface area contributed by atoms with Gasteiger partial charge in [-0.25, -0.2) is 13.8 Å². The van der Waals surface area contributed by atoms with Crippen molar-refractivity contribution in [2.24, 2.45) is 0 Å². The van der Waals surface area contributed by atoms with E-state index >= 15 is 0 Å². The number of aliphatic carboxylic acids is 1. The zero-order valence-corrected chi connectivity index (χ0v) is 7.63. The molecule has 0 aromatic carbocycles. The Morgan fingerprint density at radius 3 is 2.64 bits per heavy atom. The molecule has 76 valence electrons. The van der Waals surface area contributed by atoms with Gasteiger partial charge in [0.2, 0.25) is 0 Å². The maximum Gasteiger partial charge on any atom is 0.309 e. The van der Waals surface area contributed by atoms with Crippen molar-refractivity contribution in [3.63, 3.8) is 0 Å². The number of carbonyl (C=O) groups is 1. The van der Waals surface area contributed by atoms with Crippen molar-refractivity contribution in [1.29, 1.82) is 0 Å². The van der Waals surface area contributed by atoms with Crippen molar-refractivity contribution in [1.82, 2.24) is 4.98 Å². The predicted molar refractivity (Wildman–Crippen MR) is 45.5 cm³/mol. The van der Waals surface area contributed by atoms with Crippen LogP contribution < -0.4 is 0 Å². The van der Waals surface area contributed by atoms with Gasteiger partial charge in [-0.2, -0.15) is 0 Å². The van der Waals surface area contributed by atoms with Gasteiger partial charge in [0, 0.05) is 0 Å². The summed E-state index contributed by atoms with van der Waals surface area (Å²) in [6.07, 6.45) is -3.03. The van der Waals surface area contributed by atoms with Crippen LogP contribution >= 0.6 is 11.6 Å². The molecule has 14 heavy (non-hydrogen) atoms. The van der Waals surface area contributed by atoms with E-state index in [9.17, 15) is 13.6 Å². The van der Waals surface area contributed by atoms with Gasteiger partial charge in [0.25, 0.3) is 6.43 Å². The Kier molecular flexibility index (Phi) is 3.35. The second kappa shape index (κ2) is 4.32. The van der Waals surface area contributed by atoms with Crippen molar-refractivity contribution in [3.05, 3.63) is 28.5 Å². The number of hydrogen-bond acceptors (Lipinski definition) is 2. The van der Waals surface area contributed by atoms with Crippen LogP contribution in [-0.2, 0) is 11.2 Å². The van der Waals surface area contributed by atoms with Crippen LogP contribution in [0.5, 0.6) is 0 Å². The third-order valence-electron chi connectivity index (χ3n) is 1.50. The Morgan fingerprint density at radius 1 is 1.57 bits per heavy atom. The molecule has 1 aromatic heterocycles. The van der Waals surface area contributed by atoms with Gasteiger partial charge in [-0.15, -0.1) is 0 Å². The minimum absolute atomic E-state index is 0.159. The molecule has 0 saturated heterocycles. The smallest absolute Gasteiger partial charge is 0.309 e. The number of carboxylic acid groups (broad SMARTS) is 1. The predicted octanol–water partition coefficient (Wildman–Crippen LogP) is 2.30. The summed E-state index contributed by atoms with van der Waals surface area (Å²) in [6.45, 7) is 0. The molecule has 0 aliphatic carbocycles. The van der Waals surface area contributed by atoms with Gasteiger partial charge < -0.3 is 5.11 Å². The molecule has 1 heterocycles. The average molecular weight is 222 g/mol. The van der Waals surface area contributed by atoms with E-state index in [-0.39, 0.29) is 22.8 Å². The highest BCUT2D eigenvalue weighted by Crippen LogP contribution is 2.25. The first-order valence-corrected chi connectivity index (χ1v) is 4.03. The third kappa shape index (κ3) is 2.63. The highest BCUT2D eigenvalue weighted by atomic mass is 35.5. The van der Waals surface area contributed by atoms with E-state index in [1.165, 1.54) is 6.07 Å². The molecule has 1 N–H and O–H groups in total. The Morgan fingerprint density at radius 2 is 2.21 bits per heavy atom. The van der Waals surface area contributed by atoms with Gasteiger partial charge in [0.05, 0.1) is 17.7 Å². The summed E-state index contributed by atoms with van der Waals surface area (Å²) in [6, 6.07) is 2.31. The molecule has 1 rings (SSSR count). The molecule has 0 aliphatic rings. The number of nitrogens with zero attached hydrogens (tertiary/aromatic N) is 1. The maximum absolute atomic E-state index is 12.2. The summed E-state index contributed by atoms with van der Waals surface area (Å²) in [5.74, 6) is -1.08. The van der Waals surface area contributed by atoms with Gasteiger partial charge >= 0.3 is 5.97 Å². The lowest BCUT2D eigenvalue weighted by atomic mass is 10.2. The molecular formula is C8H6ClF2NO2. The van der Waals surface area contributed by atoms with Crippen LogP contribution in [0, 0.1) is 0 Å². The summed E-state index contributed by atoms with van der Waals surface area (Å²) < 4.78 is 24.4. The standard InChI is InChI=1S/C8H6ClF2NO2/c9-7-5(8(10)11)2-1-4(12-7)3-6(13)14/h1-2,8H,3H2,(H,13,14). The topological polar surface area (TPSA) is 50.2 Å². The molecule has 0 saturated carbocycles. The van der Waals surface area contributed by atoms with Crippen LogP contribution in [0.4, 0.5) is 8.78 Å². The Labute approximate surface area is 83.3 Å². The number of aromatic nitrogens is 1. The third-order valence-corrected chi connectivity index (χ3v) is 1.81. The fourth-order valence-electron chi connectivity index (χ4n) is 0.899. The zero-order valence-electron chi connectivity index (χ0n) is 6.88. The minimum atomic E-state index is -2.70. The van der Waals surface area contributed by atoms with Crippen LogP contribution in [0.15, 0.2) is 12.1 Å². The van der Waals surface area contributed by atoms with E-state index in [1.807, 2.05) is 0 Å². The summed E-state index contributed by atoms with van der Waals surface area (Å²) in [5.41, 5.74) is -0.229. The van der Waals surface area contributed by atoms with Crippen LogP contribution in [0.3, 0.4) is 0 Å². The molecule has 0 spiro atoms. The second-order valence-electron chi connectivity index (χ2n) is 2.55. The Bertz CT molecular complexity index is 357. The number of hydrogen-bond donors (Lipinski definition) is 1. The largest absolute Gasteiger partial charge is 0.481 e. The van der Waals surface area contributed by atoms with Gasteiger partial charge in [0.15, 0.2) is 0 Å². The first-order valence-electron chi connectivity index (χ1n) is 3.66. The summed E-state index contributed by atoms with van der Waals surface area (Å²) in [7, 11) is 0. The first kappa shape index (κ1) is 10.8. The number of alkyl halides is 2. The first-order chi connectivity index (χ1) is 6.50. The highest BCUT2D eigenvalue weighted by molar-refractivity contribution is 6.30. The van der Waals surface area contributed by atoms with Gasteiger partial charge in [-0.1, -0.05) is 11.6 Å². The molecule has 0 bridgehead atoms. The molecular weight excluding hydrogens is 216 g/mol. The molecule has 0 amide bonds. The van der Waals surface area contributed by atoms with E-state index in [2.05, 4.69) is 4.98 Å². The second-order valence-corrected chi connectivity index (χ2v) is 2.91. The lowest BCUT2D eigenvalue weighted by Gasteiger charge is -2.03. The van der Waals surface area contributed by atoms with Crippen molar-refractivity contribution in [2.45, 2.75) is 12.8 Å². The summed E-state index contributed by atoms with van der Waals surface area (Å²) in [4.78, 5) is 13.8. The van der Waals surface area contributed by atoms with Crippen molar-refractivity contribution >= 4 is 17.6 Å².